The lowest BCUT2D eigenvalue weighted by atomic mass is 10.1. The fraction of sp³-hybridized carbons (Fsp3) is 0.269. The Morgan fingerprint density at radius 3 is 2.68 bits per heavy atom. The number of carbonyl (C=O) groups is 1. The second kappa shape index (κ2) is 9.48. The maximum Gasteiger partial charge on any atom is 0.280 e. The molecule has 1 aliphatic heterocycles. The molecule has 0 unspecified atom stereocenters. The third-order valence-corrected chi connectivity index (χ3v) is 7.18. The molecule has 174 valence electrons. The highest BCUT2D eigenvalue weighted by atomic mass is 32.1. The molecule has 3 heterocycles. The average molecular weight is 477 g/mol. The van der Waals surface area contributed by atoms with Gasteiger partial charge in [0.25, 0.3) is 11.5 Å². The topological polar surface area (TPSA) is 69.3 Å². The summed E-state index contributed by atoms with van der Waals surface area (Å²) in [4.78, 5) is 34.1. The number of para-hydroxylation sites is 1. The Hall–Kier alpha value is -3.36. The van der Waals surface area contributed by atoms with Gasteiger partial charge in [0, 0.05) is 29.6 Å². The van der Waals surface area contributed by atoms with E-state index in [1.54, 1.807) is 29.4 Å². The van der Waals surface area contributed by atoms with Gasteiger partial charge in [-0.15, -0.1) is 11.3 Å². The number of piperidine rings is 1. The number of hydrogen-bond acceptors (Lipinski definition) is 5. The number of thiazole rings is 1. The molecule has 0 bridgehead atoms. The van der Waals surface area contributed by atoms with E-state index < -0.39 is 11.4 Å². The van der Waals surface area contributed by atoms with Gasteiger partial charge >= 0.3 is 0 Å². The standard InChI is InChI=1S/C26H25FN4O2S/c1-17-8-10-18(11-9-17)25-28-15-22(34-25)26(33)31(30-12-3-2-4-13-30)16-20-14-19-6-5-7-21(27)23(19)29-24(20)32/h5-11,14-15H,2-4,12-13,16H2,1H3,(H,29,32). The van der Waals surface area contributed by atoms with Crippen molar-refractivity contribution in [2.45, 2.75) is 32.7 Å². The van der Waals surface area contributed by atoms with Crippen LogP contribution in [-0.2, 0) is 6.54 Å². The molecule has 0 aliphatic carbocycles. The van der Waals surface area contributed by atoms with Crippen molar-refractivity contribution in [1.82, 2.24) is 20.0 Å². The number of nitrogens with zero attached hydrogens (tertiary/aromatic N) is 3. The highest BCUT2D eigenvalue weighted by Gasteiger charge is 2.27. The van der Waals surface area contributed by atoms with Crippen molar-refractivity contribution in [1.29, 1.82) is 0 Å². The highest BCUT2D eigenvalue weighted by molar-refractivity contribution is 7.16. The lowest BCUT2D eigenvalue weighted by Gasteiger charge is -2.37. The maximum atomic E-state index is 14.1. The number of amides is 1. The number of aromatic amines is 1. The summed E-state index contributed by atoms with van der Waals surface area (Å²) < 4.78 is 14.1. The average Bonchev–Trinajstić information content (AvgIpc) is 3.34. The molecular formula is C26H25FN4O2S. The van der Waals surface area contributed by atoms with Crippen molar-refractivity contribution < 1.29 is 9.18 Å². The van der Waals surface area contributed by atoms with Crippen LogP contribution in [-0.4, -0.2) is 39.0 Å². The molecule has 1 saturated heterocycles. The molecule has 0 atom stereocenters. The van der Waals surface area contributed by atoms with Gasteiger partial charge in [-0.25, -0.2) is 14.4 Å². The minimum Gasteiger partial charge on any atom is -0.319 e. The van der Waals surface area contributed by atoms with Gasteiger partial charge in [0.15, 0.2) is 0 Å². The van der Waals surface area contributed by atoms with Crippen molar-refractivity contribution >= 4 is 28.1 Å². The summed E-state index contributed by atoms with van der Waals surface area (Å²) in [5.41, 5.74) is 2.33. The summed E-state index contributed by atoms with van der Waals surface area (Å²) in [6.45, 7) is 3.63. The Balaban J connectivity index is 1.48. The third-order valence-electron chi connectivity index (χ3n) is 6.15. The van der Waals surface area contributed by atoms with Gasteiger partial charge in [-0.2, -0.15) is 0 Å². The number of H-pyrrole nitrogens is 1. The van der Waals surface area contributed by atoms with Gasteiger partial charge in [0.2, 0.25) is 0 Å². The molecule has 4 aromatic rings. The van der Waals surface area contributed by atoms with Gasteiger partial charge in [0.1, 0.15) is 15.7 Å². The predicted molar refractivity (Wildman–Crippen MR) is 132 cm³/mol. The van der Waals surface area contributed by atoms with Crippen molar-refractivity contribution in [2.75, 3.05) is 13.1 Å². The SMILES string of the molecule is Cc1ccc(-c2ncc(C(=O)N(Cc3cc4cccc(F)c4[nH]c3=O)N3CCCCC3)s2)cc1. The molecule has 5 rings (SSSR count). The quantitative estimate of drug-likeness (QED) is 0.433. The number of aryl methyl sites for hydroxylation is 1. The minimum absolute atomic E-state index is 0.110. The summed E-state index contributed by atoms with van der Waals surface area (Å²) in [6.07, 6.45) is 4.70. The van der Waals surface area contributed by atoms with Gasteiger partial charge < -0.3 is 4.98 Å². The van der Waals surface area contributed by atoms with Gasteiger partial charge in [-0.3, -0.25) is 14.6 Å². The molecule has 34 heavy (non-hydrogen) atoms. The van der Waals surface area contributed by atoms with Crippen molar-refractivity contribution in [2.24, 2.45) is 0 Å². The molecule has 0 radical (unpaired) electrons. The number of fused-ring (bicyclic) bond motifs is 1. The van der Waals surface area contributed by atoms with Crippen LogP contribution in [0.3, 0.4) is 0 Å². The zero-order valence-electron chi connectivity index (χ0n) is 18.9. The number of pyridine rings is 1. The van der Waals surface area contributed by atoms with E-state index in [1.807, 2.05) is 36.2 Å². The van der Waals surface area contributed by atoms with E-state index in [9.17, 15) is 14.0 Å². The molecule has 1 fully saturated rings. The largest absolute Gasteiger partial charge is 0.319 e. The molecular weight excluding hydrogens is 451 g/mol. The highest BCUT2D eigenvalue weighted by Crippen LogP contribution is 2.28. The predicted octanol–water partition coefficient (Wildman–Crippen LogP) is 5.14. The first-order valence-corrected chi connectivity index (χ1v) is 12.2. The summed E-state index contributed by atoms with van der Waals surface area (Å²) in [7, 11) is 0. The Morgan fingerprint density at radius 1 is 1.15 bits per heavy atom. The van der Waals surface area contributed by atoms with Gasteiger partial charge in [-0.05, 0) is 31.9 Å². The van der Waals surface area contributed by atoms with Crippen LogP contribution in [0, 0.1) is 12.7 Å². The zero-order valence-corrected chi connectivity index (χ0v) is 19.7. The first-order chi connectivity index (χ1) is 16.5. The number of nitrogens with one attached hydrogen (secondary N) is 1. The molecule has 1 amide bonds. The summed E-state index contributed by atoms with van der Waals surface area (Å²) in [5.74, 6) is -0.657. The molecule has 1 N–H and O–H groups in total. The van der Waals surface area contributed by atoms with Gasteiger partial charge in [0.05, 0.1) is 18.3 Å². The normalized spacial score (nSPS) is 14.4. The Kier molecular flexibility index (Phi) is 6.26. The van der Waals surface area contributed by atoms with E-state index in [0.717, 1.165) is 48.5 Å². The fourth-order valence-electron chi connectivity index (χ4n) is 4.27. The lowest BCUT2D eigenvalue weighted by Crippen LogP contribution is -2.48. The fourth-order valence-corrected chi connectivity index (χ4v) is 5.13. The number of hydrogen-bond donors (Lipinski definition) is 1. The molecule has 1 aliphatic rings. The first-order valence-electron chi connectivity index (χ1n) is 11.4. The molecule has 2 aromatic heterocycles. The van der Waals surface area contributed by atoms with Crippen LogP contribution in [0.5, 0.6) is 0 Å². The zero-order chi connectivity index (χ0) is 23.7. The molecule has 0 saturated carbocycles. The summed E-state index contributed by atoms with van der Waals surface area (Å²) in [5, 5.41) is 5.05. The smallest absolute Gasteiger partial charge is 0.280 e. The Bertz CT molecular complexity index is 1390. The molecule has 6 nitrogen and oxygen atoms in total. The van der Waals surface area contributed by atoms with Crippen molar-refractivity contribution in [3.8, 4) is 10.6 Å². The second-order valence-electron chi connectivity index (χ2n) is 8.60. The number of hydrazine groups is 1. The molecule has 0 spiro atoms. The van der Waals surface area contributed by atoms with E-state index in [1.165, 1.54) is 17.4 Å². The first kappa shape index (κ1) is 22.4. The van der Waals surface area contributed by atoms with Crippen LogP contribution in [0.4, 0.5) is 4.39 Å². The Morgan fingerprint density at radius 2 is 1.91 bits per heavy atom. The van der Waals surface area contributed by atoms with Crippen LogP contribution in [0.25, 0.3) is 21.5 Å². The number of aromatic nitrogens is 2. The van der Waals surface area contributed by atoms with Crippen LogP contribution in [0.1, 0.15) is 40.1 Å². The van der Waals surface area contributed by atoms with E-state index in [0.29, 0.717) is 15.8 Å². The number of halogens is 1. The minimum atomic E-state index is -0.474. The van der Waals surface area contributed by atoms with Crippen LogP contribution in [0.15, 0.2) is 59.5 Å². The molecule has 2 aromatic carbocycles. The van der Waals surface area contributed by atoms with Crippen molar-refractivity contribution in [3.05, 3.63) is 86.9 Å². The van der Waals surface area contributed by atoms with E-state index in [4.69, 9.17) is 0 Å². The van der Waals surface area contributed by atoms with E-state index in [2.05, 4.69) is 9.97 Å². The Labute approximate surface area is 200 Å². The number of rotatable bonds is 5. The van der Waals surface area contributed by atoms with E-state index >= 15 is 0 Å². The monoisotopic (exact) mass is 476 g/mol. The van der Waals surface area contributed by atoms with Crippen LogP contribution < -0.4 is 5.56 Å². The third kappa shape index (κ3) is 4.51. The number of benzene rings is 2. The lowest BCUT2D eigenvalue weighted by molar-refractivity contribution is -0.0265. The van der Waals surface area contributed by atoms with E-state index in [-0.39, 0.29) is 18.0 Å². The van der Waals surface area contributed by atoms with Gasteiger partial charge in [-0.1, -0.05) is 48.4 Å². The second-order valence-corrected chi connectivity index (χ2v) is 9.63. The van der Waals surface area contributed by atoms with Crippen LogP contribution >= 0.6 is 11.3 Å². The number of carbonyl (C=O) groups excluding carboxylic acids is 1. The van der Waals surface area contributed by atoms with Crippen molar-refractivity contribution in [3.63, 3.8) is 0 Å². The molecule has 8 heteroatoms. The summed E-state index contributed by atoms with van der Waals surface area (Å²) in [6, 6.07) is 14.4. The summed E-state index contributed by atoms with van der Waals surface area (Å²) >= 11 is 1.35. The van der Waals surface area contributed by atoms with Crippen LogP contribution in [0.2, 0.25) is 0 Å². The maximum absolute atomic E-state index is 14.1.